The molecule has 7 nitrogen and oxygen atoms in total. The van der Waals surface area contributed by atoms with E-state index < -0.39 is 17.1 Å². The smallest absolute Gasteiger partial charge is 0.410 e. The fourth-order valence-corrected chi connectivity index (χ4v) is 4.01. The van der Waals surface area contributed by atoms with Gasteiger partial charge in [0.05, 0.1) is 0 Å². The molecule has 0 saturated carbocycles. The summed E-state index contributed by atoms with van der Waals surface area (Å²) < 4.78 is 5.45. The van der Waals surface area contributed by atoms with Crippen LogP contribution in [-0.2, 0) is 14.3 Å². The van der Waals surface area contributed by atoms with Crippen molar-refractivity contribution in [3.63, 3.8) is 0 Å². The van der Waals surface area contributed by atoms with E-state index in [-0.39, 0.29) is 18.4 Å². The molecule has 7 heteroatoms. The molecule has 3 aliphatic heterocycles. The molecule has 3 aliphatic rings. The van der Waals surface area contributed by atoms with Crippen LogP contribution in [0.1, 0.15) is 59.3 Å². The lowest BCUT2D eigenvalue weighted by atomic mass is 9.79. The van der Waals surface area contributed by atoms with Crippen LogP contribution in [-0.4, -0.2) is 64.6 Å². The number of hydrazine groups is 1. The Kier molecular flexibility index (Phi) is 4.68. The van der Waals surface area contributed by atoms with Gasteiger partial charge in [-0.1, -0.05) is 12.8 Å². The minimum absolute atomic E-state index is 0.132. The van der Waals surface area contributed by atoms with Gasteiger partial charge in [-0.25, -0.2) is 4.79 Å². The van der Waals surface area contributed by atoms with Crippen LogP contribution >= 0.6 is 0 Å². The second-order valence-corrected chi connectivity index (χ2v) is 8.36. The van der Waals surface area contributed by atoms with Gasteiger partial charge >= 0.3 is 6.09 Å². The first-order valence-corrected chi connectivity index (χ1v) is 9.36. The Labute approximate surface area is 149 Å². The minimum Gasteiger partial charge on any atom is -0.444 e. The number of hydrogen-bond donors (Lipinski definition) is 0. The lowest BCUT2D eigenvalue weighted by Gasteiger charge is -2.37. The lowest BCUT2D eigenvalue weighted by molar-refractivity contribution is -0.147. The number of ether oxygens (including phenoxy) is 1. The fourth-order valence-electron chi connectivity index (χ4n) is 4.01. The highest BCUT2D eigenvalue weighted by atomic mass is 16.6. The molecule has 3 rings (SSSR count). The zero-order valence-electron chi connectivity index (χ0n) is 15.5. The number of rotatable bonds is 0. The van der Waals surface area contributed by atoms with E-state index in [1.165, 1.54) is 4.90 Å². The molecule has 0 N–H and O–H groups in total. The van der Waals surface area contributed by atoms with Gasteiger partial charge in [0, 0.05) is 26.2 Å². The van der Waals surface area contributed by atoms with Crippen molar-refractivity contribution in [3.8, 4) is 0 Å². The fraction of sp³-hybridized carbons (Fsp3) is 0.833. The van der Waals surface area contributed by atoms with E-state index >= 15 is 0 Å². The predicted molar refractivity (Wildman–Crippen MR) is 91.4 cm³/mol. The Morgan fingerprint density at radius 1 is 0.920 bits per heavy atom. The summed E-state index contributed by atoms with van der Waals surface area (Å²) in [6.45, 7) is 7.29. The number of piperidine rings is 1. The Balaban J connectivity index is 1.81. The molecule has 3 amide bonds. The molecule has 3 fully saturated rings. The predicted octanol–water partition coefficient (Wildman–Crippen LogP) is 2.16. The quantitative estimate of drug-likeness (QED) is 0.627. The number of fused-ring (bicyclic) bond motifs is 1. The van der Waals surface area contributed by atoms with Gasteiger partial charge in [0.25, 0.3) is 11.8 Å². The summed E-state index contributed by atoms with van der Waals surface area (Å²) in [5.74, 6) is -0.264. The highest BCUT2D eigenvalue weighted by molar-refractivity contribution is 6.10. The molecular weight excluding hydrogens is 322 g/mol. The van der Waals surface area contributed by atoms with Crippen molar-refractivity contribution in [2.75, 3.05) is 26.2 Å². The van der Waals surface area contributed by atoms with Crippen LogP contribution in [0.4, 0.5) is 4.79 Å². The molecule has 0 atom stereocenters. The molecule has 0 radical (unpaired) electrons. The van der Waals surface area contributed by atoms with E-state index in [9.17, 15) is 14.4 Å². The minimum atomic E-state index is -1.11. The maximum absolute atomic E-state index is 13.1. The number of nitrogens with zero attached hydrogens (tertiary/aromatic N) is 3. The standard InChI is InChI=1S/C18H29N3O4/c1-17(2,3)25-16(24)19-10-8-9-18(13-19)14(22)20-11-6-4-5-7-12-21(20)15(18)23/h4-13H2,1-3H3. The first-order chi connectivity index (χ1) is 11.7. The third-order valence-electron chi connectivity index (χ3n) is 5.21. The molecule has 3 saturated heterocycles. The molecule has 0 unspecified atom stereocenters. The van der Waals surface area contributed by atoms with Gasteiger partial charge in [-0.05, 0) is 46.5 Å². The van der Waals surface area contributed by atoms with Crippen molar-refractivity contribution in [2.24, 2.45) is 5.41 Å². The highest BCUT2D eigenvalue weighted by Crippen LogP contribution is 2.41. The number of hydrogen-bond acceptors (Lipinski definition) is 4. The van der Waals surface area contributed by atoms with E-state index in [0.29, 0.717) is 32.5 Å². The Hall–Kier alpha value is -1.79. The van der Waals surface area contributed by atoms with Crippen molar-refractivity contribution in [1.82, 2.24) is 14.9 Å². The zero-order chi connectivity index (χ0) is 18.2. The van der Waals surface area contributed by atoms with Crippen LogP contribution in [0.2, 0.25) is 0 Å². The monoisotopic (exact) mass is 351 g/mol. The van der Waals surface area contributed by atoms with Crippen molar-refractivity contribution < 1.29 is 19.1 Å². The summed E-state index contributed by atoms with van der Waals surface area (Å²) in [5.41, 5.74) is -1.71. The second kappa shape index (κ2) is 6.50. The van der Waals surface area contributed by atoms with Gasteiger partial charge in [0.2, 0.25) is 0 Å². The largest absolute Gasteiger partial charge is 0.444 e. The topological polar surface area (TPSA) is 70.2 Å². The van der Waals surface area contributed by atoms with E-state index in [0.717, 1.165) is 25.7 Å². The van der Waals surface area contributed by atoms with Crippen LogP contribution in [0.25, 0.3) is 0 Å². The highest BCUT2D eigenvalue weighted by Gasteiger charge is 2.60. The average molecular weight is 351 g/mol. The van der Waals surface area contributed by atoms with E-state index in [1.54, 1.807) is 10.0 Å². The van der Waals surface area contributed by atoms with Gasteiger partial charge < -0.3 is 9.64 Å². The van der Waals surface area contributed by atoms with Crippen LogP contribution < -0.4 is 0 Å². The molecule has 25 heavy (non-hydrogen) atoms. The van der Waals surface area contributed by atoms with E-state index in [1.807, 2.05) is 20.8 Å². The van der Waals surface area contributed by atoms with Crippen LogP contribution in [0.15, 0.2) is 0 Å². The Bertz CT molecular complexity index is 543. The van der Waals surface area contributed by atoms with Crippen molar-refractivity contribution >= 4 is 17.9 Å². The van der Waals surface area contributed by atoms with Gasteiger partial charge in [-0.3, -0.25) is 19.6 Å². The summed E-state index contributed by atoms with van der Waals surface area (Å²) in [5, 5.41) is 3.28. The molecule has 1 spiro atoms. The normalized spacial score (nSPS) is 24.2. The van der Waals surface area contributed by atoms with E-state index in [4.69, 9.17) is 4.74 Å². The SMILES string of the molecule is CC(C)(C)OC(=O)N1CCCC2(C1)C(=O)N1CCCCCCN1C2=O. The summed E-state index contributed by atoms with van der Waals surface area (Å²) >= 11 is 0. The molecule has 0 bridgehead atoms. The summed E-state index contributed by atoms with van der Waals surface area (Å²) in [6.07, 6.45) is 4.71. The van der Waals surface area contributed by atoms with Crippen molar-refractivity contribution in [3.05, 3.63) is 0 Å². The van der Waals surface area contributed by atoms with Crippen LogP contribution in [0.5, 0.6) is 0 Å². The molecule has 0 aromatic rings. The summed E-state index contributed by atoms with van der Waals surface area (Å²) in [4.78, 5) is 40.2. The van der Waals surface area contributed by atoms with Gasteiger partial charge in [-0.2, -0.15) is 0 Å². The second-order valence-electron chi connectivity index (χ2n) is 8.36. The van der Waals surface area contributed by atoms with Crippen molar-refractivity contribution in [1.29, 1.82) is 0 Å². The van der Waals surface area contributed by atoms with E-state index in [2.05, 4.69) is 0 Å². The third kappa shape index (κ3) is 3.33. The average Bonchev–Trinajstić information content (AvgIpc) is 2.67. The molecule has 140 valence electrons. The summed E-state index contributed by atoms with van der Waals surface area (Å²) in [7, 11) is 0. The maximum atomic E-state index is 13.1. The third-order valence-corrected chi connectivity index (χ3v) is 5.21. The first kappa shape index (κ1) is 18.0. The maximum Gasteiger partial charge on any atom is 0.410 e. The zero-order valence-corrected chi connectivity index (χ0v) is 15.5. The van der Waals surface area contributed by atoms with Crippen LogP contribution in [0.3, 0.4) is 0 Å². The summed E-state index contributed by atoms with van der Waals surface area (Å²) in [6, 6.07) is 0. The first-order valence-electron chi connectivity index (χ1n) is 9.36. The lowest BCUT2D eigenvalue weighted by Crippen LogP contribution is -2.53. The van der Waals surface area contributed by atoms with Gasteiger partial charge in [0.15, 0.2) is 0 Å². The van der Waals surface area contributed by atoms with Gasteiger partial charge in [-0.15, -0.1) is 0 Å². The van der Waals surface area contributed by atoms with Crippen LogP contribution in [0, 0.1) is 5.41 Å². The molecular formula is C18H29N3O4. The Morgan fingerprint density at radius 2 is 1.48 bits per heavy atom. The molecule has 0 aromatic heterocycles. The van der Waals surface area contributed by atoms with Gasteiger partial charge in [0.1, 0.15) is 11.0 Å². The molecule has 0 aliphatic carbocycles. The number of carbonyl (C=O) groups is 3. The molecule has 3 heterocycles. The number of carbonyl (C=O) groups excluding carboxylic acids is 3. The molecule has 0 aromatic carbocycles. The Morgan fingerprint density at radius 3 is 2.00 bits per heavy atom. The van der Waals surface area contributed by atoms with Crippen molar-refractivity contribution in [2.45, 2.75) is 64.9 Å². The number of amides is 3. The number of likely N-dealkylation sites (tertiary alicyclic amines) is 1.